The highest BCUT2D eigenvalue weighted by atomic mass is 16.7. The molecule has 2 aliphatic carbocycles. The molecule has 2 saturated carbocycles. The van der Waals surface area contributed by atoms with Gasteiger partial charge in [0.25, 0.3) is 0 Å². The quantitative estimate of drug-likeness (QED) is 0.566. The molecule has 0 aromatic rings. The standard InChI is InChI=1S/C26H43N5O4/c1-20-7-9-22(10-8-20)30-12-11-26(18-27,19-30)29-24(32)23(17-21-5-3-2-4-6-21)28-25(33)35-31-13-15-34-16-14-31/h20-23H,2-17,19H2,1H3,(H,28,33)(H,29,32). The first-order valence-electron chi connectivity index (χ1n) is 13.7. The molecular weight excluding hydrogens is 446 g/mol. The van der Waals surface area contributed by atoms with Crippen LogP contribution in [0.15, 0.2) is 0 Å². The van der Waals surface area contributed by atoms with Gasteiger partial charge >= 0.3 is 6.09 Å². The van der Waals surface area contributed by atoms with Crippen LogP contribution in [-0.2, 0) is 14.4 Å². The number of amides is 2. The zero-order valence-corrected chi connectivity index (χ0v) is 21.3. The summed E-state index contributed by atoms with van der Waals surface area (Å²) in [5.41, 5.74) is -0.902. The van der Waals surface area contributed by atoms with Crippen molar-refractivity contribution >= 4 is 12.0 Å². The Morgan fingerprint density at radius 1 is 1.09 bits per heavy atom. The topological polar surface area (TPSA) is 107 Å². The van der Waals surface area contributed by atoms with Crippen molar-refractivity contribution in [2.75, 3.05) is 39.4 Å². The van der Waals surface area contributed by atoms with Crippen LogP contribution in [0, 0.1) is 23.2 Å². The molecule has 35 heavy (non-hydrogen) atoms. The fourth-order valence-electron chi connectivity index (χ4n) is 6.21. The molecule has 2 saturated heterocycles. The lowest BCUT2D eigenvalue weighted by atomic mass is 9.84. The zero-order valence-electron chi connectivity index (χ0n) is 21.3. The van der Waals surface area contributed by atoms with E-state index in [0.29, 0.717) is 57.6 Å². The molecule has 2 atom stereocenters. The third kappa shape index (κ3) is 7.31. The highest BCUT2D eigenvalue weighted by Gasteiger charge is 2.43. The van der Waals surface area contributed by atoms with Gasteiger partial charge in [-0.05, 0) is 50.4 Å². The molecule has 4 aliphatic rings. The van der Waals surface area contributed by atoms with E-state index in [-0.39, 0.29) is 5.91 Å². The second-order valence-corrected chi connectivity index (χ2v) is 11.2. The Morgan fingerprint density at radius 2 is 1.80 bits per heavy atom. The number of likely N-dealkylation sites (tertiary alicyclic amines) is 1. The van der Waals surface area contributed by atoms with E-state index in [0.717, 1.165) is 51.0 Å². The Hall–Kier alpha value is -1.89. The summed E-state index contributed by atoms with van der Waals surface area (Å²) < 4.78 is 5.30. The number of carbonyl (C=O) groups excluding carboxylic acids is 2. The SMILES string of the molecule is CC1CCC(N2CCC(C#N)(NC(=O)C(CC3CCCCC3)NC(=O)ON3CCOCC3)C2)CC1. The Morgan fingerprint density at radius 3 is 2.49 bits per heavy atom. The van der Waals surface area contributed by atoms with E-state index in [1.54, 1.807) is 5.06 Å². The van der Waals surface area contributed by atoms with Gasteiger partial charge in [0.05, 0.1) is 32.4 Å². The first-order valence-corrected chi connectivity index (χ1v) is 13.7. The molecule has 9 nitrogen and oxygen atoms in total. The van der Waals surface area contributed by atoms with Crippen LogP contribution < -0.4 is 10.6 Å². The predicted octanol–water partition coefficient (Wildman–Crippen LogP) is 2.96. The second-order valence-electron chi connectivity index (χ2n) is 11.2. The van der Waals surface area contributed by atoms with Gasteiger partial charge in [-0.3, -0.25) is 9.69 Å². The van der Waals surface area contributed by atoms with Crippen molar-refractivity contribution in [2.24, 2.45) is 11.8 Å². The van der Waals surface area contributed by atoms with Crippen molar-refractivity contribution < 1.29 is 19.2 Å². The summed E-state index contributed by atoms with van der Waals surface area (Å²) in [6, 6.07) is 2.22. The molecule has 2 unspecified atom stereocenters. The molecule has 9 heteroatoms. The van der Waals surface area contributed by atoms with E-state index >= 15 is 0 Å². The van der Waals surface area contributed by atoms with Gasteiger partial charge in [-0.2, -0.15) is 5.26 Å². The number of rotatable bonds is 7. The van der Waals surface area contributed by atoms with E-state index < -0.39 is 17.7 Å². The summed E-state index contributed by atoms with van der Waals surface area (Å²) in [5, 5.41) is 17.6. The predicted molar refractivity (Wildman–Crippen MR) is 131 cm³/mol. The average molecular weight is 490 g/mol. The molecule has 196 valence electrons. The summed E-state index contributed by atoms with van der Waals surface area (Å²) >= 11 is 0. The number of morpholine rings is 1. The molecule has 2 aliphatic heterocycles. The average Bonchev–Trinajstić information content (AvgIpc) is 3.29. The third-order valence-electron chi connectivity index (χ3n) is 8.46. The maximum absolute atomic E-state index is 13.5. The van der Waals surface area contributed by atoms with Gasteiger partial charge in [0.1, 0.15) is 11.6 Å². The number of nitriles is 1. The van der Waals surface area contributed by atoms with Crippen LogP contribution in [0.5, 0.6) is 0 Å². The number of hydrogen-bond donors (Lipinski definition) is 2. The zero-order chi connectivity index (χ0) is 24.7. The molecule has 0 spiro atoms. The summed E-state index contributed by atoms with van der Waals surface area (Å²) in [7, 11) is 0. The van der Waals surface area contributed by atoms with Gasteiger partial charge in [-0.15, -0.1) is 5.06 Å². The smallest absolute Gasteiger partial charge is 0.379 e. The van der Waals surface area contributed by atoms with Gasteiger partial charge < -0.3 is 20.2 Å². The summed E-state index contributed by atoms with van der Waals surface area (Å²) in [5.74, 6) is 0.902. The number of nitrogens with one attached hydrogen (secondary N) is 2. The molecule has 2 amide bonds. The van der Waals surface area contributed by atoms with E-state index in [1.165, 1.54) is 19.3 Å². The molecule has 4 rings (SSSR count). The van der Waals surface area contributed by atoms with Crippen molar-refractivity contribution in [3.63, 3.8) is 0 Å². The van der Waals surface area contributed by atoms with Crippen molar-refractivity contribution in [3.8, 4) is 6.07 Å². The Balaban J connectivity index is 1.37. The lowest BCUT2D eigenvalue weighted by Crippen LogP contribution is -2.57. The molecule has 2 heterocycles. The Bertz CT molecular complexity index is 753. The minimum atomic E-state index is -0.902. The second kappa shape index (κ2) is 12.4. The van der Waals surface area contributed by atoms with Crippen LogP contribution in [0.2, 0.25) is 0 Å². The van der Waals surface area contributed by atoms with Crippen molar-refractivity contribution in [2.45, 2.75) is 95.2 Å². The maximum Gasteiger partial charge on any atom is 0.426 e. The third-order valence-corrected chi connectivity index (χ3v) is 8.46. The first-order chi connectivity index (χ1) is 17.0. The largest absolute Gasteiger partial charge is 0.426 e. The van der Waals surface area contributed by atoms with Crippen LogP contribution in [0.25, 0.3) is 0 Å². The number of ether oxygens (including phenoxy) is 1. The number of nitrogens with zero attached hydrogens (tertiary/aromatic N) is 3. The van der Waals surface area contributed by atoms with Crippen molar-refractivity contribution in [1.29, 1.82) is 5.26 Å². The monoisotopic (exact) mass is 489 g/mol. The minimum absolute atomic E-state index is 0.268. The van der Waals surface area contributed by atoms with Crippen LogP contribution in [0.1, 0.15) is 77.6 Å². The molecule has 0 aromatic carbocycles. The van der Waals surface area contributed by atoms with Crippen molar-refractivity contribution in [1.82, 2.24) is 20.6 Å². The van der Waals surface area contributed by atoms with E-state index in [4.69, 9.17) is 9.57 Å². The molecule has 4 fully saturated rings. The highest BCUT2D eigenvalue weighted by Crippen LogP contribution is 2.32. The molecule has 2 N–H and O–H groups in total. The van der Waals surface area contributed by atoms with Crippen LogP contribution in [-0.4, -0.2) is 79.0 Å². The van der Waals surface area contributed by atoms with Gasteiger partial charge in [-0.1, -0.05) is 39.0 Å². The van der Waals surface area contributed by atoms with E-state index in [9.17, 15) is 14.9 Å². The van der Waals surface area contributed by atoms with Crippen molar-refractivity contribution in [3.05, 3.63) is 0 Å². The molecular formula is C26H43N5O4. The normalized spacial score (nSPS) is 31.9. The van der Waals surface area contributed by atoms with Gasteiger partial charge in [0.15, 0.2) is 0 Å². The van der Waals surface area contributed by atoms with Crippen LogP contribution in [0.4, 0.5) is 4.79 Å². The fourth-order valence-corrected chi connectivity index (χ4v) is 6.21. The number of hydroxylamine groups is 2. The van der Waals surface area contributed by atoms with Gasteiger partial charge in [0, 0.05) is 19.1 Å². The molecule has 0 aromatic heterocycles. The van der Waals surface area contributed by atoms with Gasteiger partial charge in [0.2, 0.25) is 5.91 Å². The Labute approximate surface area is 209 Å². The first kappa shape index (κ1) is 26.2. The molecule has 0 radical (unpaired) electrons. The van der Waals surface area contributed by atoms with Gasteiger partial charge in [-0.25, -0.2) is 4.79 Å². The summed E-state index contributed by atoms with van der Waals surface area (Å²) in [6.07, 6.45) is 11.1. The number of carbonyl (C=O) groups is 2. The number of hydrogen-bond acceptors (Lipinski definition) is 7. The lowest BCUT2D eigenvalue weighted by Gasteiger charge is -2.34. The summed E-state index contributed by atoms with van der Waals surface area (Å²) in [6.45, 7) is 5.75. The van der Waals surface area contributed by atoms with E-state index in [1.807, 2.05) is 0 Å². The summed E-state index contributed by atoms with van der Waals surface area (Å²) in [4.78, 5) is 34.0. The highest BCUT2D eigenvalue weighted by molar-refractivity contribution is 5.86. The van der Waals surface area contributed by atoms with Crippen LogP contribution in [0.3, 0.4) is 0 Å². The fraction of sp³-hybridized carbons (Fsp3) is 0.885. The minimum Gasteiger partial charge on any atom is -0.379 e. The lowest BCUT2D eigenvalue weighted by molar-refractivity contribution is -0.147. The van der Waals surface area contributed by atoms with Crippen LogP contribution >= 0.6 is 0 Å². The van der Waals surface area contributed by atoms with E-state index in [2.05, 4.69) is 28.5 Å². The molecule has 0 bridgehead atoms. The maximum atomic E-state index is 13.5. The Kier molecular flexibility index (Phi) is 9.26.